The van der Waals surface area contributed by atoms with Gasteiger partial charge in [-0.2, -0.15) is 4.68 Å². The van der Waals surface area contributed by atoms with Gasteiger partial charge in [0.1, 0.15) is 0 Å². The first kappa shape index (κ1) is 25.0. The molecule has 3 heterocycles. The number of aromatic nitrogens is 6. The van der Waals surface area contributed by atoms with E-state index < -0.39 is 0 Å². The van der Waals surface area contributed by atoms with Crippen molar-refractivity contribution in [2.45, 2.75) is 17.0 Å². The fourth-order valence-corrected chi connectivity index (χ4v) is 5.72. The van der Waals surface area contributed by atoms with Gasteiger partial charge in [-0.05, 0) is 33.7 Å². The van der Waals surface area contributed by atoms with Crippen molar-refractivity contribution in [2.24, 2.45) is 0 Å². The van der Waals surface area contributed by atoms with Crippen molar-refractivity contribution in [2.75, 3.05) is 31.1 Å². The molecule has 1 aliphatic heterocycles. The maximum absolute atomic E-state index is 12.6. The summed E-state index contributed by atoms with van der Waals surface area (Å²) in [5.41, 5.74) is 3.97. The van der Waals surface area contributed by atoms with Crippen LogP contribution in [0.5, 0.6) is 0 Å². The molecule has 1 N–H and O–H groups in total. The van der Waals surface area contributed by atoms with Crippen molar-refractivity contribution < 1.29 is 0 Å². The number of nitrogens with one attached hydrogen (secondary N) is 1. The van der Waals surface area contributed by atoms with Crippen molar-refractivity contribution in [3.05, 3.63) is 124 Å². The van der Waals surface area contributed by atoms with Gasteiger partial charge in [-0.1, -0.05) is 90.6 Å². The number of anilines is 1. The molecule has 1 aliphatic rings. The van der Waals surface area contributed by atoms with Gasteiger partial charge in [-0.25, -0.2) is 4.98 Å². The third-order valence-electron chi connectivity index (χ3n) is 6.78. The van der Waals surface area contributed by atoms with E-state index >= 15 is 0 Å². The fraction of sp³-hybridized carbons (Fsp3) is 0.207. The lowest BCUT2D eigenvalue weighted by molar-refractivity contribution is 0.211. The van der Waals surface area contributed by atoms with Crippen molar-refractivity contribution in [3.8, 4) is 5.69 Å². The summed E-state index contributed by atoms with van der Waals surface area (Å²) in [6.45, 7) is 3.23. The van der Waals surface area contributed by atoms with E-state index in [1.54, 1.807) is 10.7 Å². The molecule has 0 aliphatic carbocycles. The number of hydrogen-bond donors (Lipinski definition) is 1. The van der Waals surface area contributed by atoms with E-state index in [0.717, 1.165) is 31.9 Å². The molecule has 0 spiro atoms. The minimum absolute atomic E-state index is 0.160. The molecular formula is C29H28N8OS. The van der Waals surface area contributed by atoms with Crippen molar-refractivity contribution in [1.29, 1.82) is 0 Å². The number of para-hydroxylation sites is 1. The summed E-state index contributed by atoms with van der Waals surface area (Å²) in [5, 5.41) is 12.7. The molecule has 39 heavy (non-hydrogen) atoms. The van der Waals surface area contributed by atoms with E-state index in [4.69, 9.17) is 4.98 Å². The van der Waals surface area contributed by atoms with Gasteiger partial charge in [0.2, 0.25) is 11.1 Å². The Bertz CT molecular complexity index is 1510. The average molecular weight is 537 g/mol. The minimum atomic E-state index is -0.160. The predicted octanol–water partition coefficient (Wildman–Crippen LogP) is 3.95. The molecule has 2 aromatic heterocycles. The van der Waals surface area contributed by atoms with Gasteiger partial charge in [0.25, 0.3) is 5.56 Å². The molecule has 0 bridgehead atoms. The van der Waals surface area contributed by atoms with Crippen LogP contribution >= 0.6 is 11.8 Å². The highest BCUT2D eigenvalue weighted by molar-refractivity contribution is 7.98. The molecule has 0 amide bonds. The standard InChI is InChI=1S/C29H28N8OS/c38-26-20-24(21-39-29-32-33-34-37(29)25-14-8-3-9-15-25)30-28(31-26)36-18-16-35(17-19-36)27(22-10-4-1-5-11-22)23-12-6-2-7-13-23/h1-15,20,27H,16-19,21H2,(H,30,31,38). The summed E-state index contributed by atoms with van der Waals surface area (Å²) < 4.78 is 1.69. The number of thioether (sulfide) groups is 1. The van der Waals surface area contributed by atoms with Crippen LogP contribution in [-0.4, -0.2) is 61.3 Å². The quantitative estimate of drug-likeness (QED) is 0.298. The van der Waals surface area contributed by atoms with Crippen LogP contribution < -0.4 is 10.5 Å². The molecule has 1 fully saturated rings. The van der Waals surface area contributed by atoms with Gasteiger partial charge in [-0.15, -0.1) is 5.10 Å². The van der Waals surface area contributed by atoms with Crippen LogP contribution in [0.3, 0.4) is 0 Å². The molecule has 10 heteroatoms. The molecule has 196 valence electrons. The van der Waals surface area contributed by atoms with Crippen LogP contribution in [-0.2, 0) is 5.75 Å². The minimum Gasteiger partial charge on any atom is -0.340 e. The van der Waals surface area contributed by atoms with E-state index in [1.165, 1.54) is 22.9 Å². The van der Waals surface area contributed by atoms with E-state index in [0.29, 0.717) is 22.6 Å². The second-order valence-electron chi connectivity index (χ2n) is 9.30. The molecule has 9 nitrogen and oxygen atoms in total. The monoisotopic (exact) mass is 536 g/mol. The molecule has 6 rings (SSSR count). The number of tetrazole rings is 1. The van der Waals surface area contributed by atoms with E-state index in [2.05, 4.69) is 91.0 Å². The number of benzene rings is 3. The second-order valence-corrected chi connectivity index (χ2v) is 10.2. The summed E-state index contributed by atoms with van der Waals surface area (Å²) in [6, 6.07) is 32.7. The SMILES string of the molecule is O=c1cc(CSc2nnnn2-c2ccccc2)nc(N2CCN(C(c3ccccc3)c3ccccc3)CC2)[nH]1. The third-order valence-corrected chi connectivity index (χ3v) is 7.74. The molecule has 0 unspecified atom stereocenters. The predicted molar refractivity (Wildman–Crippen MR) is 152 cm³/mol. The van der Waals surface area contributed by atoms with Crippen LogP contribution in [0, 0.1) is 0 Å². The third kappa shape index (κ3) is 5.76. The molecule has 0 atom stereocenters. The Balaban J connectivity index is 1.15. The van der Waals surface area contributed by atoms with Gasteiger partial charge in [0.05, 0.1) is 17.4 Å². The first-order valence-electron chi connectivity index (χ1n) is 12.9. The topological polar surface area (TPSA) is 95.8 Å². The largest absolute Gasteiger partial charge is 0.340 e. The smallest absolute Gasteiger partial charge is 0.252 e. The molecule has 1 saturated heterocycles. The van der Waals surface area contributed by atoms with Gasteiger partial charge in [0, 0.05) is 38.0 Å². The van der Waals surface area contributed by atoms with Crippen LogP contribution in [0.25, 0.3) is 5.69 Å². The summed E-state index contributed by atoms with van der Waals surface area (Å²) >= 11 is 1.45. The van der Waals surface area contributed by atoms with E-state index in [-0.39, 0.29) is 11.6 Å². The normalized spacial score (nSPS) is 14.1. The lowest BCUT2D eigenvalue weighted by Crippen LogP contribution is -2.48. The Morgan fingerprint density at radius 3 is 2.08 bits per heavy atom. The molecule has 3 aromatic carbocycles. The van der Waals surface area contributed by atoms with Gasteiger partial charge >= 0.3 is 0 Å². The average Bonchev–Trinajstić information content (AvgIpc) is 3.47. The zero-order chi connectivity index (χ0) is 26.4. The second kappa shape index (κ2) is 11.6. The maximum atomic E-state index is 12.6. The summed E-state index contributed by atoms with van der Waals surface area (Å²) in [5.74, 6) is 1.09. The Morgan fingerprint density at radius 2 is 1.44 bits per heavy atom. The highest BCUT2D eigenvalue weighted by Crippen LogP contribution is 2.30. The van der Waals surface area contributed by atoms with Crippen LogP contribution in [0.4, 0.5) is 5.95 Å². The first-order chi connectivity index (χ1) is 19.2. The Hall–Kier alpha value is -4.28. The highest BCUT2D eigenvalue weighted by atomic mass is 32.2. The number of hydrogen-bond acceptors (Lipinski definition) is 8. The number of H-pyrrole nitrogens is 1. The summed E-state index contributed by atoms with van der Waals surface area (Å²) in [7, 11) is 0. The highest BCUT2D eigenvalue weighted by Gasteiger charge is 2.27. The van der Waals surface area contributed by atoms with Crippen LogP contribution in [0.2, 0.25) is 0 Å². The molecular weight excluding hydrogens is 508 g/mol. The number of nitrogens with zero attached hydrogens (tertiary/aromatic N) is 7. The lowest BCUT2D eigenvalue weighted by Gasteiger charge is -2.40. The van der Waals surface area contributed by atoms with Crippen molar-refractivity contribution >= 4 is 17.7 Å². The number of piperazine rings is 1. The fourth-order valence-electron chi connectivity index (χ4n) is 4.93. The first-order valence-corrected chi connectivity index (χ1v) is 13.9. The Kier molecular flexibility index (Phi) is 7.46. The molecule has 5 aromatic rings. The number of rotatable bonds is 8. The van der Waals surface area contributed by atoms with E-state index in [1.807, 2.05) is 30.3 Å². The van der Waals surface area contributed by atoms with Gasteiger partial charge in [0.15, 0.2) is 0 Å². The molecule has 0 saturated carbocycles. The summed E-state index contributed by atoms with van der Waals surface area (Å²) in [6.07, 6.45) is 0. The van der Waals surface area contributed by atoms with Gasteiger partial charge < -0.3 is 4.90 Å². The van der Waals surface area contributed by atoms with Crippen LogP contribution in [0.1, 0.15) is 22.9 Å². The maximum Gasteiger partial charge on any atom is 0.252 e. The van der Waals surface area contributed by atoms with Crippen molar-refractivity contribution in [3.63, 3.8) is 0 Å². The zero-order valence-electron chi connectivity index (χ0n) is 21.3. The van der Waals surface area contributed by atoms with Gasteiger partial charge in [-0.3, -0.25) is 14.7 Å². The van der Waals surface area contributed by atoms with E-state index in [9.17, 15) is 4.79 Å². The van der Waals surface area contributed by atoms with Crippen molar-refractivity contribution in [1.82, 2.24) is 35.1 Å². The Morgan fingerprint density at radius 1 is 0.821 bits per heavy atom. The molecule has 0 radical (unpaired) electrons. The Labute approximate surface area is 230 Å². The number of aromatic amines is 1. The lowest BCUT2D eigenvalue weighted by atomic mass is 9.96. The zero-order valence-corrected chi connectivity index (χ0v) is 22.1. The van der Waals surface area contributed by atoms with Crippen LogP contribution in [0.15, 0.2) is 107 Å². The summed E-state index contributed by atoms with van der Waals surface area (Å²) in [4.78, 5) is 25.0.